The number of aromatic amines is 1. The normalized spacial score (nSPS) is 16.6. The third kappa shape index (κ3) is 3.85. The van der Waals surface area contributed by atoms with E-state index in [9.17, 15) is 4.79 Å². The topological polar surface area (TPSA) is 96.1 Å². The van der Waals surface area contributed by atoms with Crippen LogP contribution in [0, 0.1) is 13.8 Å². The maximum atomic E-state index is 13.4. The standard InChI is InChI=1S/C23H27N7O2/c1-15-11-16(2)20-17(12-15)13-19(23(31)24-20)21(29-8-6-28(3)7-9-29)22-25-26-27-30(22)14-18-5-4-10-32-18/h4-5,10-13,21H,6-9,14H2,1-3H3,(H,24,31). The van der Waals surface area contributed by atoms with Crippen molar-refractivity contribution in [3.63, 3.8) is 0 Å². The zero-order valence-electron chi connectivity index (χ0n) is 18.6. The quantitative estimate of drug-likeness (QED) is 0.515. The van der Waals surface area contributed by atoms with Gasteiger partial charge in [-0.2, -0.15) is 0 Å². The number of pyridine rings is 1. The Kier molecular flexibility index (Phi) is 5.36. The van der Waals surface area contributed by atoms with Gasteiger partial charge in [0.25, 0.3) is 5.56 Å². The maximum Gasteiger partial charge on any atom is 0.253 e. The lowest BCUT2D eigenvalue weighted by atomic mass is 10.00. The van der Waals surface area contributed by atoms with E-state index in [1.54, 1.807) is 10.9 Å². The molecule has 1 saturated heterocycles. The van der Waals surface area contributed by atoms with E-state index in [2.05, 4.69) is 56.4 Å². The Balaban J connectivity index is 1.64. The van der Waals surface area contributed by atoms with Crippen molar-refractivity contribution in [3.8, 4) is 0 Å². The van der Waals surface area contributed by atoms with Gasteiger partial charge in [0.2, 0.25) is 0 Å². The first-order valence-electron chi connectivity index (χ1n) is 10.8. The Labute approximate surface area is 185 Å². The van der Waals surface area contributed by atoms with Gasteiger partial charge in [-0.3, -0.25) is 9.69 Å². The number of nitrogens with one attached hydrogen (secondary N) is 1. The first kappa shape index (κ1) is 20.6. The molecule has 9 nitrogen and oxygen atoms in total. The summed E-state index contributed by atoms with van der Waals surface area (Å²) in [6.45, 7) is 7.97. The van der Waals surface area contributed by atoms with Gasteiger partial charge in [-0.05, 0) is 66.5 Å². The van der Waals surface area contributed by atoms with Gasteiger partial charge >= 0.3 is 0 Å². The number of aryl methyl sites for hydroxylation is 2. The number of nitrogens with zero attached hydrogens (tertiary/aromatic N) is 6. The molecule has 0 amide bonds. The highest BCUT2D eigenvalue weighted by Gasteiger charge is 2.32. The van der Waals surface area contributed by atoms with Crippen LogP contribution in [0.5, 0.6) is 0 Å². The summed E-state index contributed by atoms with van der Waals surface area (Å²) in [4.78, 5) is 21.1. The van der Waals surface area contributed by atoms with Gasteiger partial charge in [-0.1, -0.05) is 11.6 Å². The summed E-state index contributed by atoms with van der Waals surface area (Å²) in [6.07, 6.45) is 1.63. The van der Waals surface area contributed by atoms with Crippen LogP contribution in [0.2, 0.25) is 0 Å². The van der Waals surface area contributed by atoms with Gasteiger partial charge in [0.05, 0.1) is 11.8 Å². The first-order valence-corrected chi connectivity index (χ1v) is 10.8. The van der Waals surface area contributed by atoms with E-state index in [4.69, 9.17) is 4.42 Å². The van der Waals surface area contributed by atoms with E-state index in [1.165, 1.54) is 0 Å². The lowest BCUT2D eigenvalue weighted by Gasteiger charge is -2.37. The lowest BCUT2D eigenvalue weighted by Crippen LogP contribution is -2.47. The molecule has 1 fully saturated rings. The average Bonchev–Trinajstić information content (AvgIpc) is 3.44. The number of likely N-dealkylation sites (N-methyl/N-ethyl adjacent to an activating group) is 1. The number of piperazine rings is 1. The molecule has 0 spiro atoms. The van der Waals surface area contributed by atoms with Crippen LogP contribution >= 0.6 is 0 Å². The van der Waals surface area contributed by atoms with Crippen LogP contribution < -0.4 is 5.56 Å². The summed E-state index contributed by atoms with van der Waals surface area (Å²) in [5.74, 6) is 1.40. The highest BCUT2D eigenvalue weighted by molar-refractivity contribution is 5.83. The molecule has 3 aromatic heterocycles. The smallest absolute Gasteiger partial charge is 0.253 e. The molecule has 1 aliphatic heterocycles. The molecule has 0 aliphatic carbocycles. The van der Waals surface area contributed by atoms with Gasteiger partial charge < -0.3 is 14.3 Å². The Morgan fingerprint density at radius 3 is 2.72 bits per heavy atom. The zero-order chi connectivity index (χ0) is 22.2. The second kappa shape index (κ2) is 8.33. The van der Waals surface area contributed by atoms with Gasteiger partial charge in [0.15, 0.2) is 5.82 Å². The summed E-state index contributed by atoms with van der Waals surface area (Å²) in [5, 5.41) is 13.6. The van der Waals surface area contributed by atoms with Crippen LogP contribution in [0.1, 0.15) is 34.3 Å². The van der Waals surface area contributed by atoms with Gasteiger partial charge in [-0.25, -0.2) is 4.68 Å². The van der Waals surface area contributed by atoms with Crippen LogP contribution in [0.3, 0.4) is 0 Å². The molecule has 1 unspecified atom stereocenters. The number of hydrogen-bond donors (Lipinski definition) is 1. The van der Waals surface area contributed by atoms with Crippen molar-refractivity contribution in [2.75, 3.05) is 33.2 Å². The van der Waals surface area contributed by atoms with Gasteiger partial charge in [-0.15, -0.1) is 5.10 Å². The fourth-order valence-electron chi connectivity index (χ4n) is 4.56. The number of rotatable bonds is 5. The van der Waals surface area contributed by atoms with Crippen LogP contribution in [0.4, 0.5) is 0 Å². The minimum Gasteiger partial charge on any atom is -0.467 e. The summed E-state index contributed by atoms with van der Waals surface area (Å²) >= 11 is 0. The van der Waals surface area contributed by atoms with E-state index >= 15 is 0 Å². The van der Waals surface area contributed by atoms with E-state index in [0.717, 1.165) is 54.0 Å². The first-order chi connectivity index (χ1) is 15.5. The summed E-state index contributed by atoms with van der Waals surface area (Å²) < 4.78 is 7.24. The molecule has 4 aromatic rings. The van der Waals surface area contributed by atoms with Gasteiger partial charge in [0, 0.05) is 31.7 Å². The van der Waals surface area contributed by atoms with E-state index in [0.29, 0.717) is 17.9 Å². The van der Waals surface area contributed by atoms with Crippen LogP contribution in [0.15, 0.2) is 45.8 Å². The van der Waals surface area contributed by atoms with Gasteiger partial charge in [0.1, 0.15) is 18.3 Å². The fourth-order valence-corrected chi connectivity index (χ4v) is 4.56. The van der Waals surface area contributed by atoms with Crippen molar-refractivity contribution in [1.82, 2.24) is 35.0 Å². The summed E-state index contributed by atoms with van der Waals surface area (Å²) in [5.41, 5.74) is 3.63. The number of tetrazole rings is 1. The molecule has 1 atom stereocenters. The van der Waals surface area contributed by atoms with Crippen LogP contribution in [0.25, 0.3) is 10.9 Å². The maximum absolute atomic E-state index is 13.4. The fraction of sp³-hybridized carbons (Fsp3) is 0.391. The number of hydrogen-bond acceptors (Lipinski definition) is 7. The third-order valence-electron chi connectivity index (χ3n) is 6.21. The van der Waals surface area contributed by atoms with Crippen LogP contribution in [-0.2, 0) is 6.54 Å². The van der Waals surface area contributed by atoms with Crippen molar-refractivity contribution in [1.29, 1.82) is 0 Å². The molecule has 166 valence electrons. The minimum absolute atomic E-state index is 0.110. The second-order valence-corrected chi connectivity index (χ2v) is 8.62. The molecular formula is C23H27N7O2. The Morgan fingerprint density at radius 2 is 1.97 bits per heavy atom. The van der Waals surface area contributed by atoms with Crippen molar-refractivity contribution in [3.05, 3.63) is 75.2 Å². The zero-order valence-corrected chi connectivity index (χ0v) is 18.6. The minimum atomic E-state index is -0.359. The summed E-state index contributed by atoms with van der Waals surface area (Å²) in [7, 11) is 2.11. The second-order valence-electron chi connectivity index (χ2n) is 8.62. The Bertz CT molecular complexity index is 1280. The predicted octanol–water partition coefficient (Wildman–Crippen LogP) is 2.11. The predicted molar refractivity (Wildman–Crippen MR) is 121 cm³/mol. The van der Waals surface area contributed by atoms with Crippen molar-refractivity contribution in [2.45, 2.75) is 26.4 Å². The number of benzene rings is 1. The molecule has 1 aliphatic rings. The largest absolute Gasteiger partial charge is 0.467 e. The van der Waals surface area contributed by atoms with E-state index in [-0.39, 0.29) is 11.6 Å². The van der Waals surface area contributed by atoms with Crippen molar-refractivity contribution in [2.24, 2.45) is 0 Å². The molecule has 1 aromatic carbocycles. The number of fused-ring (bicyclic) bond motifs is 1. The van der Waals surface area contributed by atoms with E-state index < -0.39 is 0 Å². The summed E-state index contributed by atoms with van der Waals surface area (Å²) in [6, 6.07) is 9.57. The average molecular weight is 434 g/mol. The highest BCUT2D eigenvalue weighted by atomic mass is 16.3. The molecule has 9 heteroatoms. The molecule has 4 heterocycles. The van der Waals surface area contributed by atoms with E-state index in [1.807, 2.05) is 25.1 Å². The molecule has 1 N–H and O–H groups in total. The Morgan fingerprint density at radius 1 is 1.16 bits per heavy atom. The molecular weight excluding hydrogens is 406 g/mol. The SMILES string of the molecule is Cc1cc(C)c2[nH]c(=O)c(C(c3nnnn3Cc3ccco3)N3CCN(C)CC3)cc2c1. The highest BCUT2D eigenvalue weighted by Crippen LogP contribution is 2.29. The molecule has 0 bridgehead atoms. The van der Waals surface area contributed by atoms with Crippen molar-refractivity contribution >= 4 is 10.9 Å². The number of furan rings is 1. The lowest BCUT2D eigenvalue weighted by molar-refractivity contribution is 0.121. The number of aromatic nitrogens is 5. The molecule has 0 saturated carbocycles. The molecule has 32 heavy (non-hydrogen) atoms. The third-order valence-corrected chi connectivity index (χ3v) is 6.21. The monoisotopic (exact) mass is 433 g/mol. The van der Waals surface area contributed by atoms with Crippen molar-refractivity contribution < 1.29 is 4.42 Å². The Hall–Kier alpha value is -3.30. The number of H-pyrrole nitrogens is 1. The van der Waals surface area contributed by atoms with Crippen LogP contribution in [-0.4, -0.2) is 68.2 Å². The molecule has 0 radical (unpaired) electrons. The molecule has 5 rings (SSSR count).